The quantitative estimate of drug-likeness (QED) is 0.514. The van der Waals surface area contributed by atoms with E-state index in [0.29, 0.717) is 11.6 Å². The minimum Gasteiger partial charge on any atom is -0.353 e. The number of nitrogens with zero attached hydrogens (tertiary/aromatic N) is 1. The molecule has 1 saturated heterocycles. The summed E-state index contributed by atoms with van der Waals surface area (Å²) in [6, 6.07) is 7.35. The van der Waals surface area contributed by atoms with Crippen molar-refractivity contribution in [1.29, 1.82) is 0 Å². The van der Waals surface area contributed by atoms with Gasteiger partial charge in [0.1, 0.15) is 0 Å². The van der Waals surface area contributed by atoms with Gasteiger partial charge in [0.05, 0.1) is 6.54 Å². The topological polar surface area (TPSA) is 49.4 Å². The Kier molecular flexibility index (Phi) is 8.60. The Hall–Kier alpha value is -1.39. The first-order chi connectivity index (χ1) is 12.5. The van der Waals surface area contributed by atoms with Crippen LogP contribution in [-0.2, 0) is 4.79 Å². The Bertz CT molecular complexity index is 580. The fraction of sp³-hybridized carbons (Fsp3) is 0.619. The molecule has 1 amide bonds. The molecule has 1 aromatic carbocycles. The zero-order chi connectivity index (χ0) is 18.9. The highest BCUT2D eigenvalue weighted by Crippen LogP contribution is 2.22. The molecular formula is C21H31ClN2O2. The number of likely N-dealkylation sites (tertiary alicyclic amines) is 1. The van der Waals surface area contributed by atoms with Gasteiger partial charge in [-0.05, 0) is 63.5 Å². The van der Waals surface area contributed by atoms with E-state index in [1.807, 2.05) is 0 Å². The largest absolute Gasteiger partial charge is 0.353 e. The number of carbonyl (C=O) groups excluding carboxylic acids is 2. The second-order valence-corrected chi connectivity index (χ2v) is 7.82. The SMILES string of the molecule is CCCCCC(C)NC(=O)CN1CCC(C(=O)c2ccc(Cl)cc2)CC1. The van der Waals surface area contributed by atoms with Crippen molar-refractivity contribution in [3.8, 4) is 0 Å². The Morgan fingerprint density at radius 2 is 1.85 bits per heavy atom. The van der Waals surface area contributed by atoms with Crippen molar-refractivity contribution in [3.05, 3.63) is 34.9 Å². The van der Waals surface area contributed by atoms with E-state index in [-0.39, 0.29) is 23.7 Å². The van der Waals surface area contributed by atoms with Crippen molar-refractivity contribution in [2.75, 3.05) is 19.6 Å². The maximum Gasteiger partial charge on any atom is 0.234 e. The Labute approximate surface area is 162 Å². The van der Waals surface area contributed by atoms with Gasteiger partial charge in [-0.2, -0.15) is 0 Å². The lowest BCUT2D eigenvalue weighted by Crippen LogP contribution is -2.44. The first kappa shape index (κ1) is 20.9. The molecule has 1 fully saturated rings. The lowest BCUT2D eigenvalue weighted by Gasteiger charge is -2.31. The van der Waals surface area contributed by atoms with Gasteiger partial charge in [0, 0.05) is 22.5 Å². The number of halogens is 1. The van der Waals surface area contributed by atoms with Gasteiger partial charge in [0.2, 0.25) is 5.91 Å². The van der Waals surface area contributed by atoms with Gasteiger partial charge in [-0.15, -0.1) is 0 Å². The summed E-state index contributed by atoms with van der Waals surface area (Å²) in [6.45, 7) is 6.28. The van der Waals surface area contributed by atoms with E-state index < -0.39 is 0 Å². The van der Waals surface area contributed by atoms with Crippen molar-refractivity contribution < 1.29 is 9.59 Å². The van der Waals surface area contributed by atoms with Crippen molar-refractivity contribution >= 4 is 23.3 Å². The predicted octanol–water partition coefficient (Wildman–Crippen LogP) is 4.32. The van der Waals surface area contributed by atoms with E-state index in [1.54, 1.807) is 24.3 Å². The Morgan fingerprint density at radius 1 is 1.19 bits per heavy atom. The molecule has 5 heteroatoms. The fourth-order valence-electron chi connectivity index (χ4n) is 3.50. The second-order valence-electron chi connectivity index (χ2n) is 7.39. The van der Waals surface area contributed by atoms with Gasteiger partial charge in [0.25, 0.3) is 0 Å². The number of piperidine rings is 1. The van der Waals surface area contributed by atoms with Crippen LogP contribution < -0.4 is 5.32 Å². The summed E-state index contributed by atoms with van der Waals surface area (Å²) in [6.07, 6.45) is 6.23. The fourth-order valence-corrected chi connectivity index (χ4v) is 3.63. The number of hydrogen-bond donors (Lipinski definition) is 1. The number of nitrogens with one attached hydrogen (secondary N) is 1. The molecule has 0 aromatic heterocycles. The zero-order valence-electron chi connectivity index (χ0n) is 16.0. The normalized spacial score (nSPS) is 17.0. The van der Waals surface area contributed by atoms with E-state index in [9.17, 15) is 9.59 Å². The standard InChI is InChI=1S/C21H31ClN2O2/c1-3-4-5-6-16(2)23-20(25)15-24-13-11-18(12-14-24)21(26)17-7-9-19(22)10-8-17/h7-10,16,18H,3-6,11-15H2,1-2H3,(H,23,25). The van der Waals surface area contributed by atoms with Gasteiger partial charge in [-0.1, -0.05) is 37.8 Å². The number of unbranched alkanes of at least 4 members (excludes halogenated alkanes) is 2. The summed E-state index contributed by atoms with van der Waals surface area (Å²) in [7, 11) is 0. The van der Waals surface area contributed by atoms with Gasteiger partial charge in [0.15, 0.2) is 5.78 Å². The number of amides is 1. The van der Waals surface area contributed by atoms with Gasteiger partial charge < -0.3 is 5.32 Å². The van der Waals surface area contributed by atoms with Crippen LogP contribution in [0, 0.1) is 5.92 Å². The molecule has 26 heavy (non-hydrogen) atoms. The van der Waals surface area contributed by atoms with Crippen LogP contribution >= 0.6 is 11.6 Å². The van der Waals surface area contributed by atoms with Gasteiger partial charge in [-0.25, -0.2) is 0 Å². The molecule has 1 N–H and O–H groups in total. The smallest absolute Gasteiger partial charge is 0.234 e. The Morgan fingerprint density at radius 3 is 2.46 bits per heavy atom. The minimum absolute atomic E-state index is 0.0449. The van der Waals surface area contributed by atoms with E-state index >= 15 is 0 Å². The lowest BCUT2D eigenvalue weighted by molar-refractivity contribution is -0.123. The first-order valence-electron chi connectivity index (χ1n) is 9.81. The highest BCUT2D eigenvalue weighted by atomic mass is 35.5. The van der Waals surface area contributed by atoms with Crippen molar-refractivity contribution in [1.82, 2.24) is 10.2 Å². The number of carbonyl (C=O) groups is 2. The van der Waals surface area contributed by atoms with E-state index in [0.717, 1.165) is 44.3 Å². The molecule has 1 heterocycles. The van der Waals surface area contributed by atoms with E-state index in [2.05, 4.69) is 24.1 Å². The molecule has 0 radical (unpaired) electrons. The lowest BCUT2D eigenvalue weighted by atomic mass is 9.89. The van der Waals surface area contributed by atoms with Crippen LogP contribution in [0.5, 0.6) is 0 Å². The molecule has 0 bridgehead atoms. The van der Waals surface area contributed by atoms with Gasteiger partial charge in [-0.3, -0.25) is 14.5 Å². The molecule has 1 unspecified atom stereocenters. The van der Waals surface area contributed by atoms with Crippen LogP contribution in [0.1, 0.15) is 62.7 Å². The highest BCUT2D eigenvalue weighted by Gasteiger charge is 2.26. The predicted molar refractivity (Wildman–Crippen MR) is 107 cm³/mol. The summed E-state index contributed by atoms with van der Waals surface area (Å²) in [4.78, 5) is 26.9. The minimum atomic E-state index is 0.0449. The second kappa shape index (κ2) is 10.7. The molecule has 4 nitrogen and oxygen atoms in total. The number of benzene rings is 1. The molecule has 1 atom stereocenters. The summed E-state index contributed by atoms with van der Waals surface area (Å²) in [5, 5.41) is 3.74. The van der Waals surface area contributed by atoms with Crippen molar-refractivity contribution in [2.24, 2.45) is 5.92 Å². The molecule has 1 aliphatic heterocycles. The molecule has 1 aliphatic rings. The van der Waals surface area contributed by atoms with E-state index in [4.69, 9.17) is 11.6 Å². The van der Waals surface area contributed by atoms with Crippen LogP contribution in [0.25, 0.3) is 0 Å². The highest BCUT2D eigenvalue weighted by molar-refractivity contribution is 6.30. The van der Waals surface area contributed by atoms with Crippen LogP contribution in [-0.4, -0.2) is 42.3 Å². The molecule has 144 valence electrons. The number of ketones is 1. The first-order valence-corrected chi connectivity index (χ1v) is 10.2. The summed E-state index contributed by atoms with van der Waals surface area (Å²) < 4.78 is 0. The summed E-state index contributed by atoms with van der Waals surface area (Å²) >= 11 is 5.89. The maximum absolute atomic E-state index is 12.6. The molecule has 0 saturated carbocycles. The van der Waals surface area contributed by atoms with Crippen LogP contribution in [0.15, 0.2) is 24.3 Å². The molecule has 0 spiro atoms. The molecule has 0 aliphatic carbocycles. The third-order valence-electron chi connectivity index (χ3n) is 5.10. The van der Waals surface area contributed by atoms with Crippen molar-refractivity contribution in [3.63, 3.8) is 0 Å². The van der Waals surface area contributed by atoms with Gasteiger partial charge >= 0.3 is 0 Å². The van der Waals surface area contributed by atoms with E-state index in [1.165, 1.54) is 12.8 Å². The maximum atomic E-state index is 12.6. The molecule has 1 aromatic rings. The van der Waals surface area contributed by atoms with Crippen LogP contribution in [0.3, 0.4) is 0 Å². The third kappa shape index (κ3) is 6.73. The van der Waals surface area contributed by atoms with Crippen LogP contribution in [0.4, 0.5) is 0 Å². The molecular weight excluding hydrogens is 348 g/mol. The number of hydrogen-bond acceptors (Lipinski definition) is 3. The number of rotatable bonds is 9. The zero-order valence-corrected chi connectivity index (χ0v) is 16.7. The number of Topliss-reactive ketones (excluding diaryl/α,β-unsaturated/α-hetero) is 1. The average molecular weight is 379 g/mol. The molecule has 2 rings (SSSR count). The van der Waals surface area contributed by atoms with Crippen molar-refractivity contribution in [2.45, 2.75) is 58.4 Å². The summed E-state index contributed by atoms with van der Waals surface area (Å²) in [5.74, 6) is 0.329. The average Bonchev–Trinajstić information content (AvgIpc) is 2.62. The van der Waals surface area contributed by atoms with Crippen LogP contribution in [0.2, 0.25) is 5.02 Å². The Balaban J connectivity index is 1.71. The third-order valence-corrected chi connectivity index (χ3v) is 5.35. The monoisotopic (exact) mass is 378 g/mol. The summed E-state index contributed by atoms with van der Waals surface area (Å²) in [5.41, 5.74) is 0.728.